The van der Waals surface area contributed by atoms with Gasteiger partial charge in [-0.15, -0.1) is 0 Å². The molecule has 0 aliphatic rings. The summed E-state index contributed by atoms with van der Waals surface area (Å²) in [6.45, 7) is 3.45. The van der Waals surface area contributed by atoms with Gasteiger partial charge in [0.15, 0.2) is 0 Å². The Morgan fingerprint density at radius 2 is 2.05 bits per heavy atom. The van der Waals surface area contributed by atoms with E-state index in [2.05, 4.69) is 5.16 Å². The van der Waals surface area contributed by atoms with Crippen LogP contribution in [0.4, 0.5) is 5.69 Å². The molecule has 0 N–H and O–H groups in total. The summed E-state index contributed by atoms with van der Waals surface area (Å²) in [5.41, 5.74) is 1.39. The van der Waals surface area contributed by atoms with E-state index in [1.165, 1.54) is 4.90 Å². The summed E-state index contributed by atoms with van der Waals surface area (Å²) in [6.07, 6.45) is 0. The molecule has 21 heavy (non-hydrogen) atoms. The van der Waals surface area contributed by atoms with Gasteiger partial charge < -0.3 is 9.42 Å². The van der Waals surface area contributed by atoms with Crippen LogP contribution in [-0.2, 0) is 21.3 Å². The van der Waals surface area contributed by atoms with E-state index in [0.717, 1.165) is 5.69 Å². The predicted octanol–water partition coefficient (Wildman–Crippen LogP) is 2.28. The van der Waals surface area contributed by atoms with Gasteiger partial charge in [0.2, 0.25) is 5.91 Å². The number of hydrogen-bond donors (Lipinski definition) is 0. The van der Waals surface area contributed by atoms with Crippen LogP contribution >= 0.6 is 0 Å². The van der Waals surface area contributed by atoms with Crippen molar-refractivity contribution >= 4 is 22.4 Å². The lowest BCUT2D eigenvalue weighted by Gasteiger charge is -2.20. The van der Waals surface area contributed by atoms with Gasteiger partial charge in [0.05, 0.1) is 11.4 Å². The molecule has 2 atom stereocenters. The van der Waals surface area contributed by atoms with Crippen molar-refractivity contribution in [2.24, 2.45) is 0 Å². The number of aryl methyl sites for hydroxylation is 1. The van der Waals surface area contributed by atoms with Crippen molar-refractivity contribution in [3.05, 3.63) is 47.9 Å². The topological polar surface area (TPSA) is 63.4 Å². The first-order valence-corrected chi connectivity index (χ1v) is 7.99. The van der Waals surface area contributed by atoms with Crippen LogP contribution in [0, 0.1) is 6.92 Å². The monoisotopic (exact) mass is 306 g/mol. The molecule has 5 nitrogen and oxygen atoms in total. The molecule has 0 spiro atoms. The highest BCUT2D eigenvalue weighted by Crippen LogP contribution is 2.15. The number of nitrogens with zero attached hydrogens (tertiary/aromatic N) is 2. The zero-order valence-electron chi connectivity index (χ0n) is 12.3. The van der Waals surface area contributed by atoms with Crippen molar-refractivity contribution in [2.75, 3.05) is 11.9 Å². The average molecular weight is 306 g/mol. The number of amides is 1. The number of aromatic nitrogens is 1. The first-order valence-electron chi connectivity index (χ1n) is 6.61. The number of carbonyl (C=O) groups excluding carboxylic acids is 1. The zero-order chi connectivity index (χ0) is 15.4. The summed E-state index contributed by atoms with van der Waals surface area (Å²) in [4.78, 5) is 13.9. The Morgan fingerprint density at radius 3 is 2.62 bits per heavy atom. The molecule has 1 aromatic carbocycles. The average Bonchev–Trinajstić information content (AvgIpc) is 2.90. The van der Waals surface area contributed by atoms with Crippen LogP contribution < -0.4 is 4.90 Å². The fraction of sp³-hybridized carbons (Fsp3) is 0.333. The molecular formula is C15H18N2O3S. The molecule has 1 heterocycles. The van der Waals surface area contributed by atoms with E-state index >= 15 is 0 Å². The highest BCUT2D eigenvalue weighted by Gasteiger charge is 2.25. The number of para-hydroxylation sites is 1. The second kappa shape index (κ2) is 6.67. The van der Waals surface area contributed by atoms with Crippen LogP contribution in [0.1, 0.15) is 18.4 Å². The number of carbonyl (C=O) groups is 1. The number of rotatable bonds is 5. The maximum Gasteiger partial charge on any atom is 0.242 e. The maximum absolute atomic E-state index is 12.4. The highest BCUT2D eigenvalue weighted by molar-refractivity contribution is 7.85. The van der Waals surface area contributed by atoms with E-state index in [9.17, 15) is 9.00 Å². The van der Waals surface area contributed by atoms with E-state index in [4.69, 9.17) is 4.52 Å². The second-order valence-corrected chi connectivity index (χ2v) is 6.59. The largest absolute Gasteiger partial charge is 0.361 e. The summed E-state index contributed by atoms with van der Waals surface area (Å²) in [5, 5.41) is 3.20. The lowest BCUT2D eigenvalue weighted by Crippen LogP contribution is -2.37. The SMILES string of the molecule is Cc1cc(CS(=O)C(C)C(=O)N(C)c2ccccc2)no1. The number of benzene rings is 1. The van der Waals surface area contributed by atoms with Gasteiger partial charge in [-0.05, 0) is 26.0 Å². The van der Waals surface area contributed by atoms with Crippen LogP contribution in [0.3, 0.4) is 0 Å². The molecule has 0 aliphatic heterocycles. The molecule has 2 aromatic rings. The summed E-state index contributed by atoms with van der Waals surface area (Å²) in [7, 11) is 0.346. The molecule has 1 amide bonds. The molecule has 1 aromatic heterocycles. The molecule has 0 saturated carbocycles. The standard InChI is InChI=1S/C15H18N2O3S/c1-11-9-13(16-20-11)10-21(19)12(2)15(18)17(3)14-7-5-4-6-8-14/h4-9,12H,10H2,1-3H3. The Bertz CT molecular complexity index is 639. The smallest absolute Gasteiger partial charge is 0.242 e. The lowest BCUT2D eigenvalue weighted by molar-refractivity contribution is -0.117. The third-order valence-corrected chi connectivity index (χ3v) is 4.75. The van der Waals surface area contributed by atoms with Gasteiger partial charge in [0.1, 0.15) is 11.0 Å². The van der Waals surface area contributed by atoms with E-state index in [-0.39, 0.29) is 11.7 Å². The molecule has 6 heteroatoms. The zero-order valence-corrected chi connectivity index (χ0v) is 13.1. The van der Waals surface area contributed by atoms with Gasteiger partial charge in [-0.2, -0.15) is 0 Å². The van der Waals surface area contributed by atoms with Gasteiger partial charge in [-0.25, -0.2) is 0 Å². The molecule has 0 fully saturated rings. The Morgan fingerprint density at radius 1 is 1.38 bits per heavy atom. The summed E-state index contributed by atoms with van der Waals surface area (Å²) >= 11 is 0. The fourth-order valence-corrected chi connectivity index (χ4v) is 2.98. The number of anilines is 1. The molecule has 2 unspecified atom stereocenters. The molecule has 0 radical (unpaired) electrons. The van der Waals surface area contributed by atoms with Crippen LogP contribution in [0.2, 0.25) is 0 Å². The van der Waals surface area contributed by atoms with Crippen LogP contribution in [-0.4, -0.2) is 27.6 Å². The molecule has 112 valence electrons. The van der Waals surface area contributed by atoms with Gasteiger partial charge in [-0.3, -0.25) is 9.00 Å². The maximum atomic E-state index is 12.4. The molecule has 2 rings (SSSR count). The summed E-state index contributed by atoms with van der Waals surface area (Å²) in [6, 6.07) is 11.0. The second-order valence-electron chi connectivity index (χ2n) is 4.83. The molecule has 0 bridgehead atoms. The van der Waals surface area contributed by atoms with Crippen molar-refractivity contribution in [2.45, 2.75) is 24.9 Å². The predicted molar refractivity (Wildman–Crippen MR) is 82.4 cm³/mol. The Labute approximate surface area is 126 Å². The van der Waals surface area contributed by atoms with Crippen LogP contribution in [0.5, 0.6) is 0 Å². The summed E-state index contributed by atoms with van der Waals surface area (Å²) < 4.78 is 17.2. The minimum absolute atomic E-state index is 0.181. The first-order chi connectivity index (χ1) is 9.99. The van der Waals surface area contributed by atoms with Crippen LogP contribution in [0.25, 0.3) is 0 Å². The third kappa shape index (κ3) is 3.78. The van der Waals surface area contributed by atoms with Crippen molar-refractivity contribution < 1.29 is 13.5 Å². The van der Waals surface area contributed by atoms with Crippen molar-refractivity contribution in [3.63, 3.8) is 0 Å². The quantitative estimate of drug-likeness (QED) is 0.850. The molecule has 0 saturated heterocycles. The van der Waals surface area contributed by atoms with Crippen LogP contribution in [0.15, 0.2) is 40.9 Å². The summed E-state index contributed by atoms with van der Waals surface area (Å²) in [5.74, 6) is 0.703. The van der Waals surface area contributed by atoms with Crippen molar-refractivity contribution in [1.82, 2.24) is 5.16 Å². The highest BCUT2D eigenvalue weighted by atomic mass is 32.2. The van der Waals surface area contributed by atoms with E-state index < -0.39 is 16.0 Å². The molecule has 0 aliphatic carbocycles. The minimum Gasteiger partial charge on any atom is -0.361 e. The van der Waals surface area contributed by atoms with E-state index in [1.807, 2.05) is 30.3 Å². The van der Waals surface area contributed by atoms with E-state index in [1.54, 1.807) is 27.0 Å². The van der Waals surface area contributed by atoms with Gasteiger partial charge in [-0.1, -0.05) is 23.4 Å². The van der Waals surface area contributed by atoms with Gasteiger partial charge in [0.25, 0.3) is 0 Å². The Hall–Kier alpha value is -1.95. The normalized spacial score (nSPS) is 13.7. The Balaban J connectivity index is 2.03. The minimum atomic E-state index is -1.34. The van der Waals surface area contributed by atoms with Gasteiger partial charge >= 0.3 is 0 Å². The van der Waals surface area contributed by atoms with Crippen molar-refractivity contribution in [1.29, 1.82) is 0 Å². The van der Waals surface area contributed by atoms with Crippen molar-refractivity contribution in [3.8, 4) is 0 Å². The third-order valence-electron chi connectivity index (χ3n) is 3.18. The van der Waals surface area contributed by atoms with Gasteiger partial charge in [0, 0.05) is 29.6 Å². The Kier molecular flexibility index (Phi) is 4.90. The number of hydrogen-bond acceptors (Lipinski definition) is 4. The first kappa shape index (κ1) is 15.4. The fourth-order valence-electron chi connectivity index (χ4n) is 1.92. The molecular weight excluding hydrogens is 288 g/mol. The lowest BCUT2D eigenvalue weighted by atomic mass is 10.3. The van der Waals surface area contributed by atoms with E-state index in [0.29, 0.717) is 11.5 Å².